The fourth-order valence-corrected chi connectivity index (χ4v) is 4.24. The van der Waals surface area contributed by atoms with Crippen molar-refractivity contribution in [3.8, 4) is 5.75 Å². The van der Waals surface area contributed by atoms with Gasteiger partial charge in [-0.05, 0) is 31.5 Å². The number of rotatable bonds is 7. The van der Waals surface area contributed by atoms with E-state index >= 15 is 0 Å². The third-order valence-corrected chi connectivity index (χ3v) is 6.45. The molecule has 1 unspecified atom stereocenters. The van der Waals surface area contributed by atoms with Crippen molar-refractivity contribution in [3.63, 3.8) is 0 Å². The van der Waals surface area contributed by atoms with E-state index in [2.05, 4.69) is 10.3 Å². The van der Waals surface area contributed by atoms with Gasteiger partial charge in [0.25, 0.3) is 5.91 Å². The zero-order valence-electron chi connectivity index (χ0n) is 17.5. The number of thiazole rings is 1. The molecule has 4 aromatic rings. The molecule has 0 aliphatic rings. The predicted molar refractivity (Wildman–Crippen MR) is 122 cm³/mol. The number of fused-ring (bicyclic) bond motifs is 2. The van der Waals surface area contributed by atoms with E-state index in [0.717, 1.165) is 16.3 Å². The number of halogens is 1. The van der Waals surface area contributed by atoms with Crippen LogP contribution in [-0.2, 0) is 11.4 Å². The van der Waals surface area contributed by atoms with Crippen LogP contribution < -0.4 is 10.1 Å². The summed E-state index contributed by atoms with van der Waals surface area (Å²) in [4.78, 5) is 29.2. The van der Waals surface area contributed by atoms with Gasteiger partial charge in [0.2, 0.25) is 0 Å². The summed E-state index contributed by atoms with van der Waals surface area (Å²) in [5.41, 5.74) is -0.717. The molecule has 4 rings (SSSR count). The number of nitrogens with one attached hydrogen (secondary N) is 1. The fourth-order valence-electron chi connectivity index (χ4n) is 3.36. The second kappa shape index (κ2) is 8.55. The molecule has 8 heteroatoms. The number of hydrogen-bond donors (Lipinski definition) is 2. The minimum absolute atomic E-state index is 0.0664. The van der Waals surface area contributed by atoms with Crippen molar-refractivity contribution in [2.45, 2.75) is 32.4 Å². The first kappa shape index (κ1) is 21.7. The van der Waals surface area contributed by atoms with Crippen LogP contribution in [0.3, 0.4) is 0 Å². The number of nitrogens with zero attached hydrogens (tertiary/aromatic N) is 1. The van der Waals surface area contributed by atoms with Crippen molar-refractivity contribution in [2.24, 2.45) is 0 Å². The van der Waals surface area contributed by atoms with E-state index in [9.17, 15) is 19.1 Å². The van der Waals surface area contributed by atoms with Crippen molar-refractivity contribution < 1.29 is 23.8 Å². The number of carboxylic acids is 1. The number of amides is 1. The summed E-state index contributed by atoms with van der Waals surface area (Å²) in [6.45, 7) is 3.14. The van der Waals surface area contributed by atoms with E-state index in [4.69, 9.17) is 4.74 Å². The number of benzene rings is 3. The topological polar surface area (TPSA) is 88.5 Å². The largest absolute Gasteiger partial charge is 0.485 e. The van der Waals surface area contributed by atoms with Gasteiger partial charge in [-0.15, -0.1) is 11.3 Å². The van der Waals surface area contributed by atoms with Crippen molar-refractivity contribution in [1.82, 2.24) is 10.3 Å². The lowest BCUT2D eigenvalue weighted by Gasteiger charge is -2.25. The summed E-state index contributed by atoms with van der Waals surface area (Å²) in [6.07, 6.45) is 0.159. The van der Waals surface area contributed by atoms with Crippen LogP contribution in [0.15, 0.2) is 54.6 Å². The zero-order valence-corrected chi connectivity index (χ0v) is 18.3. The molecule has 164 valence electrons. The first-order valence-corrected chi connectivity index (χ1v) is 10.9. The predicted octanol–water partition coefficient (Wildman–Crippen LogP) is 5.15. The Morgan fingerprint density at radius 1 is 1.16 bits per heavy atom. The highest BCUT2D eigenvalue weighted by molar-refractivity contribution is 7.18. The lowest BCUT2D eigenvalue weighted by molar-refractivity contribution is -0.143. The molecule has 1 amide bonds. The molecule has 2 N–H and O–H groups in total. The molecule has 3 aromatic carbocycles. The van der Waals surface area contributed by atoms with E-state index in [1.807, 2.05) is 24.3 Å². The van der Waals surface area contributed by atoms with Crippen molar-refractivity contribution in [3.05, 3.63) is 71.0 Å². The van der Waals surface area contributed by atoms with E-state index in [-0.39, 0.29) is 24.3 Å². The molecule has 0 aliphatic heterocycles. The summed E-state index contributed by atoms with van der Waals surface area (Å²) in [5.74, 6) is -2.30. The maximum atomic E-state index is 14.8. The normalized spacial score (nSPS) is 13.1. The number of carbonyl (C=O) groups excluding carboxylic acids is 1. The highest BCUT2D eigenvalue weighted by Crippen LogP contribution is 2.34. The van der Waals surface area contributed by atoms with Crippen molar-refractivity contribution in [1.29, 1.82) is 0 Å². The first-order chi connectivity index (χ1) is 15.3. The van der Waals surface area contributed by atoms with Gasteiger partial charge < -0.3 is 15.2 Å². The smallest absolute Gasteiger partial charge is 0.329 e. The summed E-state index contributed by atoms with van der Waals surface area (Å²) in [5, 5.41) is 13.5. The molecule has 0 saturated heterocycles. The lowest BCUT2D eigenvalue weighted by atomic mass is 9.97. The number of carbonyl (C=O) groups is 2. The van der Waals surface area contributed by atoms with Crippen molar-refractivity contribution >= 4 is 44.2 Å². The van der Waals surface area contributed by atoms with Gasteiger partial charge >= 0.3 is 5.97 Å². The molecule has 0 bridgehead atoms. The molecule has 0 fully saturated rings. The number of ether oxygens (including phenoxy) is 1. The number of aliphatic carboxylic acids is 1. The molecule has 0 radical (unpaired) electrons. The number of para-hydroxylation sites is 1. The summed E-state index contributed by atoms with van der Waals surface area (Å²) in [7, 11) is 0. The SMILES string of the molecule is CCC(C)(NC(=O)c1cc(F)c2ccccc2c1OCc1nc2ccccc2s1)C(=O)O. The van der Waals surface area contributed by atoms with Crippen LogP contribution >= 0.6 is 11.3 Å². The summed E-state index contributed by atoms with van der Waals surface area (Å²) >= 11 is 1.47. The number of carboxylic acid groups (broad SMARTS) is 1. The van der Waals surface area contributed by atoms with E-state index in [1.54, 1.807) is 31.2 Å². The highest BCUT2D eigenvalue weighted by atomic mass is 32.1. The third-order valence-electron chi connectivity index (χ3n) is 5.44. The van der Waals surface area contributed by atoms with E-state index in [0.29, 0.717) is 15.8 Å². The van der Waals surface area contributed by atoms with Crippen LogP contribution in [0.5, 0.6) is 5.75 Å². The Morgan fingerprint density at radius 3 is 2.53 bits per heavy atom. The standard InChI is InChI=1S/C24H21FN2O4S/c1-3-24(2,23(29)30)27-22(28)16-12-17(25)14-8-4-5-9-15(14)21(16)31-13-20-26-18-10-6-7-11-19(18)32-20/h4-12H,3,13H2,1-2H3,(H,27,28)(H,29,30). The maximum Gasteiger partial charge on any atom is 0.329 e. The van der Waals surface area contributed by atoms with Gasteiger partial charge in [0, 0.05) is 10.8 Å². The Morgan fingerprint density at radius 2 is 1.84 bits per heavy atom. The molecule has 0 aliphatic carbocycles. The van der Waals surface area contributed by atoms with Crippen LogP contribution in [-0.4, -0.2) is 27.5 Å². The molecule has 1 atom stereocenters. The van der Waals surface area contributed by atoms with Gasteiger partial charge in [-0.1, -0.05) is 43.3 Å². The Hall–Kier alpha value is -3.52. The van der Waals surface area contributed by atoms with Crippen LogP contribution in [0.2, 0.25) is 0 Å². The molecule has 0 saturated carbocycles. The minimum atomic E-state index is -1.50. The molecular weight excluding hydrogens is 431 g/mol. The van der Waals surface area contributed by atoms with Gasteiger partial charge in [-0.25, -0.2) is 14.2 Å². The summed E-state index contributed by atoms with van der Waals surface area (Å²) in [6, 6.07) is 15.5. The average molecular weight is 453 g/mol. The van der Waals surface area contributed by atoms with Crippen LogP contribution in [0.4, 0.5) is 4.39 Å². The van der Waals surface area contributed by atoms with E-state index in [1.165, 1.54) is 18.3 Å². The fraction of sp³-hybridized carbons (Fsp3) is 0.208. The van der Waals surface area contributed by atoms with Crippen LogP contribution in [0.25, 0.3) is 21.0 Å². The highest BCUT2D eigenvalue weighted by Gasteiger charge is 2.34. The van der Waals surface area contributed by atoms with E-state index < -0.39 is 23.2 Å². The Kier molecular flexibility index (Phi) is 5.80. The Bertz CT molecular complexity index is 1300. The average Bonchev–Trinajstić information content (AvgIpc) is 3.21. The second-order valence-corrected chi connectivity index (χ2v) is 8.70. The molecule has 1 heterocycles. The zero-order chi connectivity index (χ0) is 22.9. The molecule has 6 nitrogen and oxygen atoms in total. The first-order valence-electron chi connectivity index (χ1n) is 10.1. The quantitative estimate of drug-likeness (QED) is 0.405. The number of hydrogen-bond acceptors (Lipinski definition) is 5. The molecular formula is C24H21FN2O4S. The maximum absolute atomic E-state index is 14.8. The van der Waals surface area contributed by atoms with Gasteiger partial charge in [0.1, 0.15) is 28.7 Å². The van der Waals surface area contributed by atoms with Crippen LogP contribution in [0, 0.1) is 5.82 Å². The van der Waals surface area contributed by atoms with Gasteiger partial charge in [-0.3, -0.25) is 4.79 Å². The Labute approximate surface area is 187 Å². The molecule has 0 spiro atoms. The number of aromatic nitrogens is 1. The van der Waals surface area contributed by atoms with Crippen LogP contribution in [0.1, 0.15) is 35.6 Å². The van der Waals surface area contributed by atoms with Crippen molar-refractivity contribution in [2.75, 3.05) is 0 Å². The third kappa shape index (κ3) is 4.01. The molecule has 1 aromatic heterocycles. The van der Waals surface area contributed by atoms with Gasteiger partial charge in [0.05, 0.1) is 15.8 Å². The monoisotopic (exact) mass is 452 g/mol. The lowest BCUT2D eigenvalue weighted by Crippen LogP contribution is -2.51. The minimum Gasteiger partial charge on any atom is -0.485 e. The Balaban J connectivity index is 1.74. The molecule has 32 heavy (non-hydrogen) atoms. The van der Waals surface area contributed by atoms with Gasteiger partial charge in [0.15, 0.2) is 0 Å². The summed E-state index contributed by atoms with van der Waals surface area (Å²) < 4.78 is 21.8. The second-order valence-electron chi connectivity index (χ2n) is 7.59. The van der Waals surface area contributed by atoms with Gasteiger partial charge in [-0.2, -0.15) is 0 Å².